The Balaban J connectivity index is 1.95. The second-order valence-corrected chi connectivity index (χ2v) is 5.81. The molecular weight excluding hydrogens is 224 g/mol. The smallest absolute Gasteiger partial charge is 0.0764 e. The molecule has 1 aromatic heterocycles. The summed E-state index contributed by atoms with van der Waals surface area (Å²) in [5, 5.41) is 4.60. The number of nitrogens with zero attached hydrogens (tertiary/aromatic N) is 3. The molecule has 1 aliphatic rings. The Kier molecular flexibility index (Phi) is 4.40. The zero-order valence-corrected chi connectivity index (χ0v) is 11.8. The van der Waals surface area contributed by atoms with E-state index in [0.717, 1.165) is 18.7 Å². The predicted molar refractivity (Wildman–Crippen MR) is 74.3 cm³/mol. The van der Waals surface area contributed by atoms with Crippen molar-refractivity contribution in [1.82, 2.24) is 14.7 Å². The lowest BCUT2D eigenvalue weighted by molar-refractivity contribution is 0.160. The van der Waals surface area contributed by atoms with Crippen molar-refractivity contribution in [3.63, 3.8) is 0 Å². The van der Waals surface area contributed by atoms with Crippen LogP contribution >= 0.6 is 0 Å². The molecule has 0 radical (unpaired) electrons. The van der Waals surface area contributed by atoms with Crippen LogP contribution in [0.3, 0.4) is 0 Å². The van der Waals surface area contributed by atoms with Crippen molar-refractivity contribution in [3.8, 4) is 0 Å². The maximum Gasteiger partial charge on any atom is 0.0764 e. The highest BCUT2D eigenvalue weighted by atomic mass is 15.3. The Hall–Kier alpha value is -0.870. The van der Waals surface area contributed by atoms with E-state index in [1.54, 1.807) is 0 Å². The molecule has 2 rings (SSSR count). The Morgan fingerprint density at radius 2 is 2.17 bits per heavy atom. The molecule has 2 atom stereocenters. The van der Waals surface area contributed by atoms with E-state index in [1.165, 1.54) is 19.3 Å². The number of hydrogen-bond acceptors (Lipinski definition) is 3. The van der Waals surface area contributed by atoms with E-state index < -0.39 is 0 Å². The summed E-state index contributed by atoms with van der Waals surface area (Å²) in [6, 6.07) is 3.39. The molecule has 102 valence electrons. The van der Waals surface area contributed by atoms with Crippen molar-refractivity contribution in [1.29, 1.82) is 0 Å². The lowest BCUT2D eigenvalue weighted by atomic mass is 9.90. The van der Waals surface area contributed by atoms with E-state index in [4.69, 9.17) is 5.73 Å². The van der Waals surface area contributed by atoms with Crippen LogP contribution in [0.5, 0.6) is 0 Å². The lowest BCUT2D eigenvalue weighted by Crippen LogP contribution is -2.47. The van der Waals surface area contributed by atoms with Gasteiger partial charge in [0, 0.05) is 30.9 Å². The quantitative estimate of drug-likeness (QED) is 0.891. The summed E-state index contributed by atoms with van der Waals surface area (Å²) in [6.45, 7) is 5.20. The Morgan fingerprint density at radius 3 is 2.78 bits per heavy atom. The maximum absolute atomic E-state index is 6.22. The summed E-state index contributed by atoms with van der Waals surface area (Å²) >= 11 is 0. The fourth-order valence-corrected chi connectivity index (χ4v) is 2.81. The second-order valence-electron chi connectivity index (χ2n) is 5.81. The number of hydrogen-bond donors (Lipinski definition) is 1. The van der Waals surface area contributed by atoms with Crippen LogP contribution in [0.1, 0.15) is 51.3 Å². The molecule has 1 heterocycles. The van der Waals surface area contributed by atoms with Crippen molar-refractivity contribution in [3.05, 3.63) is 18.0 Å². The van der Waals surface area contributed by atoms with Gasteiger partial charge in [0.05, 0.1) is 5.69 Å². The van der Waals surface area contributed by atoms with Crippen LogP contribution < -0.4 is 5.73 Å². The first-order valence-electron chi connectivity index (χ1n) is 7.08. The first kappa shape index (κ1) is 13.6. The number of aromatic nitrogens is 2. The standard InChI is InChI=1S/C14H26N4/c1-11(2)18-9-8-12(16-18)10-17(3)14-7-5-4-6-13(14)15/h8-9,11,13-14H,4-7,10,15H2,1-3H3. The number of rotatable bonds is 4. The van der Waals surface area contributed by atoms with Crippen molar-refractivity contribution >= 4 is 0 Å². The molecule has 4 nitrogen and oxygen atoms in total. The highest BCUT2D eigenvalue weighted by molar-refractivity contribution is 5.00. The van der Waals surface area contributed by atoms with Gasteiger partial charge in [-0.25, -0.2) is 0 Å². The fourth-order valence-electron chi connectivity index (χ4n) is 2.81. The van der Waals surface area contributed by atoms with Crippen LogP contribution in [0.25, 0.3) is 0 Å². The van der Waals surface area contributed by atoms with E-state index in [1.807, 2.05) is 4.68 Å². The van der Waals surface area contributed by atoms with Gasteiger partial charge in [0.2, 0.25) is 0 Å². The number of likely N-dealkylation sites (N-methyl/N-ethyl adjacent to an activating group) is 1. The third kappa shape index (κ3) is 3.12. The van der Waals surface area contributed by atoms with Crippen molar-refractivity contribution < 1.29 is 0 Å². The van der Waals surface area contributed by atoms with Gasteiger partial charge in [0.15, 0.2) is 0 Å². The minimum atomic E-state index is 0.330. The zero-order valence-electron chi connectivity index (χ0n) is 11.8. The minimum absolute atomic E-state index is 0.330. The first-order chi connectivity index (χ1) is 8.58. The van der Waals surface area contributed by atoms with Gasteiger partial charge in [-0.2, -0.15) is 5.10 Å². The van der Waals surface area contributed by atoms with Crippen LogP contribution in [0.15, 0.2) is 12.3 Å². The molecule has 2 unspecified atom stereocenters. The zero-order chi connectivity index (χ0) is 13.1. The van der Waals surface area contributed by atoms with Crippen LogP contribution in [0, 0.1) is 0 Å². The van der Waals surface area contributed by atoms with Gasteiger partial charge in [-0.05, 0) is 39.8 Å². The summed E-state index contributed by atoms with van der Waals surface area (Å²) in [6.07, 6.45) is 7.04. The van der Waals surface area contributed by atoms with E-state index in [-0.39, 0.29) is 0 Å². The topological polar surface area (TPSA) is 47.1 Å². The Labute approximate surface area is 110 Å². The van der Waals surface area contributed by atoms with Crippen molar-refractivity contribution in [2.24, 2.45) is 5.73 Å². The summed E-state index contributed by atoms with van der Waals surface area (Å²) in [5.41, 5.74) is 7.36. The molecule has 1 fully saturated rings. The molecule has 1 saturated carbocycles. The molecule has 1 aromatic rings. The Morgan fingerprint density at radius 1 is 1.44 bits per heavy atom. The van der Waals surface area contributed by atoms with Gasteiger partial charge >= 0.3 is 0 Å². The van der Waals surface area contributed by atoms with E-state index in [0.29, 0.717) is 18.1 Å². The van der Waals surface area contributed by atoms with Crippen LogP contribution in [0.4, 0.5) is 0 Å². The second kappa shape index (κ2) is 5.85. The summed E-state index contributed by atoms with van der Waals surface area (Å²) in [4.78, 5) is 2.37. The molecule has 1 aliphatic carbocycles. The first-order valence-corrected chi connectivity index (χ1v) is 7.08. The molecule has 2 N–H and O–H groups in total. The Bertz CT molecular complexity index is 372. The highest BCUT2D eigenvalue weighted by Crippen LogP contribution is 2.22. The summed E-state index contributed by atoms with van der Waals surface area (Å²) in [7, 11) is 2.17. The molecule has 0 aliphatic heterocycles. The van der Waals surface area contributed by atoms with Gasteiger partial charge < -0.3 is 5.73 Å². The van der Waals surface area contributed by atoms with Gasteiger partial charge in [0.1, 0.15) is 0 Å². The van der Waals surface area contributed by atoms with Gasteiger partial charge in [-0.1, -0.05) is 12.8 Å². The van der Waals surface area contributed by atoms with E-state index >= 15 is 0 Å². The van der Waals surface area contributed by atoms with Crippen LogP contribution in [0.2, 0.25) is 0 Å². The lowest BCUT2D eigenvalue weighted by Gasteiger charge is -2.35. The molecule has 18 heavy (non-hydrogen) atoms. The number of nitrogens with two attached hydrogens (primary N) is 1. The summed E-state index contributed by atoms with van der Waals surface area (Å²) in [5.74, 6) is 0. The molecule has 0 bridgehead atoms. The van der Waals surface area contributed by atoms with Crippen molar-refractivity contribution in [2.45, 2.75) is 64.2 Å². The van der Waals surface area contributed by atoms with Crippen LogP contribution in [-0.2, 0) is 6.54 Å². The SMILES string of the molecule is CC(C)n1ccc(CN(C)C2CCCCC2N)n1. The summed E-state index contributed by atoms with van der Waals surface area (Å²) < 4.78 is 2.02. The fraction of sp³-hybridized carbons (Fsp3) is 0.786. The molecule has 0 spiro atoms. The molecule has 0 saturated heterocycles. The average molecular weight is 250 g/mol. The van der Waals surface area contributed by atoms with Crippen molar-refractivity contribution in [2.75, 3.05) is 7.05 Å². The van der Waals surface area contributed by atoms with E-state index in [2.05, 4.69) is 43.2 Å². The maximum atomic E-state index is 6.22. The predicted octanol–water partition coefficient (Wildman–Crippen LogP) is 2.17. The molecular formula is C14H26N4. The highest BCUT2D eigenvalue weighted by Gasteiger charge is 2.25. The molecule has 4 heteroatoms. The van der Waals surface area contributed by atoms with Gasteiger partial charge in [-0.15, -0.1) is 0 Å². The third-order valence-electron chi connectivity index (χ3n) is 3.95. The normalized spacial score (nSPS) is 25.0. The van der Waals surface area contributed by atoms with Gasteiger partial charge in [0.25, 0.3) is 0 Å². The molecule has 0 amide bonds. The minimum Gasteiger partial charge on any atom is -0.326 e. The largest absolute Gasteiger partial charge is 0.326 e. The monoisotopic (exact) mass is 250 g/mol. The van der Waals surface area contributed by atoms with E-state index in [9.17, 15) is 0 Å². The third-order valence-corrected chi connectivity index (χ3v) is 3.95. The van der Waals surface area contributed by atoms with Gasteiger partial charge in [-0.3, -0.25) is 9.58 Å². The average Bonchev–Trinajstić information content (AvgIpc) is 2.78. The molecule has 0 aromatic carbocycles. The van der Waals surface area contributed by atoms with Crippen LogP contribution in [-0.4, -0.2) is 33.8 Å².